The third kappa shape index (κ3) is 3.88. The van der Waals surface area contributed by atoms with E-state index in [1.807, 2.05) is 26.8 Å². The largest absolute Gasteiger partial charge is 0.479 e. The molecular weight excluding hydrogens is 366 g/mol. The minimum atomic E-state index is -1.75. The highest BCUT2D eigenvalue weighted by atomic mass is 16.6. The molecular formula is C19H25N3O6. The number of ether oxygens (including phenoxy) is 1. The van der Waals surface area contributed by atoms with Gasteiger partial charge in [-0.1, -0.05) is 6.08 Å². The fraction of sp³-hybridized carbons (Fsp3) is 0.579. The van der Waals surface area contributed by atoms with Crippen molar-refractivity contribution in [1.82, 2.24) is 14.7 Å². The maximum Gasteiger partial charge on any atom is 0.410 e. The number of carbonyl (C=O) groups excluding carboxylic acids is 1. The maximum absolute atomic E-state index is 12.3. The van der Waals surface area contributed by atoms with Crippen molar-refractivity contribution < 1.29 is 29.3 Å². The molecule has 1 saturated heterocycles. The zero-order valence-electron chi connectivity index (χ0n) is 16.2. The lowest BCUT2D eigenvalue weighted by molar-refractivity contribution is -0.153. The summed E-state index contributed by atoms with van der Waals surface area (Å²) in [5.74, 6) is -2.92. The lowest BCUT2D eigenvalue weighted by atomic mass is 9.71. The predicted octanol–water partition coefficient (Wildman–Crippen LogP) is 2.18. The summed E-state index contributed by atoms with van der Waals surface area (Å²) in [4.78, 5) is 36.6. The van der Waals surface area contributed by atoms with Crippen molar-refractivity contribution in [2.45, 2.75) is 51.7 Å². The molecule has 1 amide bonds. The van der Waals surface area contributed by atoms with E-state index < -0.39 is 23.6 Å². The molecule has 0 aromatic carbocycles. The second kappa shape index (κ2) is 6.96. The first kappa shape index (κ1) is 19.9. The molecule has 1 aromatic rings. The second-order valence-electron chi connectivity index (χ2n) is 8.42. The van der Waals surface area contributed by atoms with E-state index in [1.165, 1.54) is 0 Å². The van der Waals surface area contributed by atoms with E-state index in [9.17, 15) is 24.6 Å². The summed E-state index contributed by atoms with van der Waals surface area (Å²) in [6.07, 6.45) is 7.10. The molecule has 9 heteroatoms. The number of piperidine rings is 1. The summed E-state index contributed by atoms with van der Waals surface area (Å²) in [5.41, 5.74) is 0.641. The predicted molar refractivity (Wildman–Crippen MR) is 98.7 cm³/mol. The standard InChI is InChI=1S/C19H25N3O6/c1-18(2,3)28-17(27)21-8-6-19(7-9-21)5-4-13-12(10-19)11-20-22(13)14(15(23)24)16(25)26/h4-5,11,14H,6-10H2,1-3H3,(H,23,24)(H,25,26). The average Bonchev–Trinajstić information content (AvgIpc) is 2.95. The molecule has 0 saturated carbocycles. The molecule has 9 nitrogen and oxygen atoms in total. The number of carboxylic acids is 2. The Bertz CT molecular complexity index is 813. The number of rotatable bonds is 3. The molecule has 1 spiro atoms. The van der Waals surface area contributed by atoms with E-state index in [-0.39, 0.29) is 11.5 Å². The fourth-order valence-electron chi connectivity index (χ4n) is 3.75. The normalized spacial score (nSPS) is 18.2. The van der Waals surface area contributed by atoms with Gasteiger partial charge in [0, 0.05) is 13.1 Å². The number of hydrogen-bond donors (Lipinski definition) is 2. The van der Waals surface area contributed by atoms with Gasteiger partial charge in [0.05, 0.1) is 11.9 Å². The first-order valence-corrected chi connectivity index (χ1v) is 9.20. The molecule has 0 unspecified atom stereocenters. The van der Waals surface area contributed by atoms with Gasteiger partial charge in [0.25, 0.3) is 0 Å². The van der Waals surface area contributed by atoms with Crippen LogP contribution in [0.4, 0.5) is 4.79 Å². The highest BCUT2D eigenvalue weighted by Gasteiger charge is 2.39. The Morgan fingerprint density at radius 3 is 2.32 bits per heavy atom. The second-order valence-corrected chi connectivity index (χ2v) is 8.42. The Labute approximate surface area is 162 Å². The molecule has 28 heavy (non-hydrogen) atoms. The highest BCUT2D eigenvalue weighted by Crippen LogP contribution is 2.41. The fourth-order valence-corrected chi connectivity index (χ4v) is 3.75. The molecule has 0 radical (unpaired) electrons. The van der Waals surface area contributed by atoms with Crippen molar-refractivity contribution in [2.24, 2.45) is 5.41 Å². The zero-order valence-corrected chi connectivity index (χ0v) is 16.2. The average molecular weight is 391 g/mol. The SMILES string of the molecule is CC(C)(C)OC(=O)N1CCC2(C=Cc3c(cnn3C(C(=O)O)C(=O)O)C2)CC1. The van der Waals surface area contributed by atoms with E-state index in [1.54, 1.807) is 17.2 Å². The zero-order chi connectivity index (χ0) is 20.7. The van der Waals surface area contributed by atoms with Crippen molar-refractivity contribution >= 4 is 24.1 Å². The maximum atomic E-state index is 12.3. The first-order chi connectivity index (χ1) is 13.0. The molecule has 1 fully saturated rings. The van der Waals surface area contributed by atoms with Crippen LogP contribution in [-0.2, 0) is 20.7 Å². The summed E-state index contributed by atoms with van der Waals surface area (Å²) < 4.78 is 6.47. The van der Waals surface area contributed by atoms with Gasteiger partial charge in [-0.2, -0.15) is 5.10 Å². The number of allylic oxidation sites excluding steroid dienone is 1. The van der Waals surface area contributed by atoms with Gasteiger partial charge in [-0.3, -0.25) is 0 Å². The number of aliphatic carboxylic acids is 2. The van der Waals surface area contributed by atoms with Crippen LogP contribution < -0.4 is 0 Å². The number of amides is 1. The third-order valence-electron chi connectivity index (χ3n) is 5.17. The van der Waals surface area contributed by atoms with Gasteiger partial charge in [0.15, 0.2) is 0 Å². The summed E-state index contributed by atoms with van der Waals surface area (Å²) in [7, 11) is 0. The minimum absolute atomic E-state index is 0.151. The summed E-state index contributed by atoms with van der Waals surface area (Å²) >= 11 is 0. The number of nitrogens with zero attached hydrogens (tertiary/aromatic N) is 3. The van der Waals surface area contributed by atoms with E-state index >= 15 is 0 Å². The molecule has 2 N–H and O–H groups in total. The van der Waals surface area contributed by atoms with Crippen molar-refractivity contribution in [3.63, 3.8) is 0 Å². The van der Waals surface area contributed by atoms with Crippen molar-refractivity contribution in [2.75, 3.05) is 13.1 Å². The van der Waals surface area contributed by atoms with Crippen molar-refractivity contribution in [3.05, 3.63) is 23.5 Å². The Kier molecular flexibility index (Phi) is 4.95. The van der Waals surface area contributed by atoms with Crippen LogP contribution >= 0.6 is 0 Å². The van der Waals surface area contributed by atoms with E-state index in [0.29, 0.717) is 25.2 Å². The van der Waals surface area contributed by atoms with Crippen LogP contribution in [0, 0.1) is 5.41 Å². The van der Waals surface area contributed by atoms with Crippen LogP contribution in [-0.4, -0.2) is 61.6 Å². The molecule has 1 aliphatic carbocycles. The van der Waals surface area contributed by atoms with Crippen LogP contribution in [0.1, 0.15) is 50.9 Å². The van der Waals surface area contributed by atoms with Gasteiger partial charge >= 0.3 is 18.0 Å². The monoisotopic (exact) mass is 391 g/mol. The minimum Gasteiger partial charge on any atom is -0.479 e. The van der Waals surface area contributed by atoms with Crippen molar-refractivity contribution in [1.29, 1.82) is 0 Å². The van der Waals surface area contributed by atoms with Gasteiger partial charge in [0.1, 0.15) is 5.60 Å². The van der Waals surface area contributed by atoms with Crippen molar-refractivity contribution in [3.8, 4) is 0 Å². The number of hydrogen-bond acceptors (Lipinski definition) is 5. The summed E-state index contributed by atoms with van der Waals surface area (Å²) in [5, 5.41) is 22.4. The van der Waals surface area contributed by atoms with Gasteiger partial charge in [-0.15, -0.1) is 0 Å². The molecule has 0 atom stereocenters. The molecule has 2 heterocycles. The van der Waals surface area contributed by atoms with Gasteiger partial charge < -0.3 is 19.8 Å². The number of carbonyl (C=O) groups is 3. The van der Waals surface area contributed by atoms with Gasteiger partial charge in [-0.05, 0) is 57.1 Å². The van der Waals surface area contributed by atoms with E-state index in [4.69, 9.17) is 4.74 Å². The Morgan fingerprint density at radius 1 is 1.18 bits per heavy atom. The quantitative estimate of drug-likeness (QED) is 0.757. The Balaban J connectivity index is 1.72. The molecule has 152 valence electrons. The number of aromatic nitrogens is 2. The smallest absolute Gasteiger partial charge is 0.410 e. The van der Waals surface area contributed by atoms with Crippen LogP contribution in [0.25, 0.3) is 6.08 Å². The number of fused-ring (bicyclic) bond motifs is 1. The third-order valence-corrected chi connectivity index (χ3v) is 5.17. The highest BCUT2D eigenvalue weighted by molar-refractivity contribution is 5.95. The Hall–Kier alpha value is -2.84. The van der Waals surface area contributed by atoms with Gasteiger partial charge in [-0.25, -0.2) is 19.1 Å². The molecule has 0 bridgehead atoms. The molecule has 2 aliphatic rings. The summed E-state index contributed by atoms with van der Waals surface area (Å²) in [6.45, 7) is 6.63. The summed E-state index contributed by atoms with van der Waals surface area (Å²) in [6, 6.07) is -1.75. The molecule has 1 aromatic heterocycles. The number of carboxylic acid groups (broad SMARTS) is 2. The number of likely N-dealkylation sites (tertiary alicyclic amines) is 1. The topological polar surface area (TPSA) is 122 Å². The van der Waals surface area contributed by atoms with E-state index in [0.717, 1.165) is 23.1 Å². The van der Waals surface area contributed by atoms with Crippen LogP contribution in [0.2, 0.25) is 0 Å². The van der Waals surface area contributed by atoms with Crippen LogP contribution in [0.5, 0.6) is 0 Å². The lowest BCUT2D eigenvalue weighted by Crippen LogP contribution is -2.45. The lowest BCUT2D eigenvalue weighted by Gasteiger charge is -2.41. The molecule has 1 aliphatic heterocycles. The molecule has 3 rings (SSSR count). The van der Waals surface area contributed by atoms with E-state index in [2.05, 4.69) is 5.10 Å². The van der Waals surface area contributed by atoms with Gasteiger partial charge in [0.2, 0.25) is 6.04 Å². The van der Waals surface area contributed by atoms with Crippen LogP contribution in [0.3, 0.4) is 0 Å². The Morgan fingerprint density at radius 2 is 1.79 bits per heavy atom. The first-order valence-electron chi connectivity index (χ1n) is 9.20. The van der Waals surface area contributed by atoms with Crippen LogP contribution in [0.15, 0.2) is 12.3 Å².